The zero-order chi connectivity index (χ0) is 29.2. The van der Waals surface area contributed by atoms with E-state index in [4.69, 9.17) is 4.74 Å². The molecule has 0 aromatic heterocycles. The average Bonchev–Trinajstić information content (AvgIpc) is 2.91. The number of rotatable bonds is 16. The number of ether oxygens (including phenoxy) is 1. The van der Waals surface area contributed by atoms with Crippen LogP contribution in [-0.2, 0) is 12.0 Å². The molecule has 0 saturated heterocycles. The van der Waals surface area contributed by atoms with E-state index in [1.165, 1.54) is 17.3 Å². The number of aliphatic hydroxyl groups excluding tert-OH is 1. The van der Waals surface area contributed by atoms with E-state index in [2.05, 4.69) is 19.1 Å². The minimum absolute atomic E-state index is 0.00469. The number of halogens is 5. The van der Waals surface area contributed by atoms with Gasteiger partial charge in [0, 0.05) is 23.8 Å². The fourth-order valence-corrected chi connectivity index (χ4v) is 6.39. The Morgan fingerprint density at radius 1 is 0.875 bits per heavy atom. The van der Waals surface area contributed by atoms with Crippen molar-refractivity contribution in [2.75, 3.05) is 18.1 Å². The second-order valence-corrected chi connectivity index (χ2v) is 12.2. The Morgan fingerprint density at radius 3 is 2.15 bits per heavy atom. The van der Waals surface area contributed by atoms with E-state index in [0.717, 1.165) is 74.0 Å². The van der Waals surface area contributed by atoms with Gasteiger partial charge in [-0.3, -0.25) is 0 Å². The number of phenols is 1. The average molecular weight is 589 g/mol. The highest BCUT2D eigenvalue weighted by Crippen LogP contribution is 2.49. The molecular weight excluding hydrogens is 547 g/mol. The second kappa shape index (κ2) is 14.8. The quantitative estimate of drug-likeness (QED) is 0.152. The summed E-state index contributed by atoms with van der Waals surface area (Å²) in [6.07, 6.45) is 1.72. The first-order valence-corrected chi connectivity index (χ1v) is 15.3. The van der Waals surface area contributed by atoms with Crippen LogP contribution >= 0.6 is 11.8 Å². The molecule has 0 bridgehead atoms. The zero-order valence-corrected chi connectivity index (χ0v) is 23.9. The third kappa shape index (κ3) is 8.75. The van der Waals surface area contributed by atoms with Crippen molar-refractivity contribution in [1.82, 2.24) is 0 Å². The van der Waals surface area contributed by atoms with Gasteiger partial charge in [0.2, 0.25) is 0 Å². The van der Waals surface area contributed by atoms with E-state index >= 15 is 0 Å². The van der Waals surface area contributed by atoms with Gasteiger partial charge in [0.1, 0.15) is 11.5 Å². The standard InChI is InChI=1S/C31H41F5O3S/c1-29(24-13-11-23(21-37)12-14-24)22-39-28-20-25(38)15-16-26(28)27(29)10-7-5-3-2-4-6-8-18-40-19-9-17-30(32,33)31(34,35)36/h11-16,20,27,37-38H,2-10,17-19,21-22H2,1H3/t27-,29-/m1/s1. The van der Waals surface area contributed by atoms with Crippen LogP contribution in [0.4, 0.5) is 22.0 Å². The summed E-state index contributed by atoms with van der Waals surface area (Å²) in [5.74, 6) is -2.32. The van der Waals surface area contributed by atoms with Crippen LogP contribution in [0.15, 0.2) is 42.5 Å². The van der Waals surface area contributed by atoms with Gasteiger partial charge in [-0.15, -0.1) is 0 Å². The Labute approximate surface area is 238 Å². The molecule has 3 nitrogen and oxygen atoms in total. The number of alkyl halides is 5. The van der Waals surface area contributed by atoms with Crippen molar-refractivity contribution in [2.24, 2.45) is 0 Å². The predicted molar refractivity (Wildman–Crippen MR) is 151 cm³/mol. The zero-order valence-electron chi connectivity index (χ0n) is 23.1. The lowest BCUT2D eigenvalue weighted by Gasteiger charge is -2.43. The molecule has 2 N–H and O–H groups in total. The Balaban J connectivity index is 1.37. The summed E-state index contributed by atoms with van der Waals surface area (Å²) in [5, 5.41) is 19.4. The molecule has 2 aromatic rings. The lowest BCUT2D eigenvalue weighted by molar-refractivity contribution is -0.284. The van der Waals surface area contributed by atoms with E-state index in [9.17, 15) is 32.2 Å². The fourth-order valence-electron chi connectivity index (χ4n) is 5.43. The van der Waals surface area contributed by atoms with Gasteiger partial charge in [0.15, 0.2) is 0 Å². The van der Waals surface area contributed by atoms with Crippen LogP contribution in [0.1, 0.15) is 93.7 Å². The molecule has 2 aromatic carbocycles. The van der Waals surface area contributed by atoms with Crippen LogP contribution in [0.3, 0.4) is 0 Å². The van der Waals surface area contributed by atoms with Crippen LogP contribution in [0.5, 0.6) is 11.5 Å². The topological polar surface area (TPSA) is 49.7 Å². The highest BCUT2D eigenvalue weighted by atomic mass is 32.2. The van der Waals surface area contributed by atoms with Gasteiger partial charge in [-0.1, -0.05) is 75.8 Å². The molecule has 224 valence electrons. The third-order valence-electron chi connectivity index (χ3n) is 7.94. The molecule has 1 heterocycles. The number of unbranched alkanes of at least 4 members (excludes halogenated alkanes) is 6. The summed E-state index contributed by atoms with van der Waals surface area (Å²) >= 11 is 1.45. The minimum Gasteiger partial charge on any atom is -0.508 e. The second-order valence-electron chi connectivity index (χ2n) is 11.0. The van der Waals surface area contributed by atoms with Crippen molar-refractivity contribution in [2.45, 2.75) is 101 Å². The van der Waals surface area contributed by atoms with E-state index in [0.29, 0.717) is 12.4 Å². The van der Waals surface area contributed by atoms with Gasteiger partial charge in [-0.05, 0) is 53.5 Å². The van der Waals surface area contributed by atoms with Crippen molar-refractivity contribution in [3.8, 4) is 11.5 Å². The molecule has 0 saturated carbocycles. The number of hydrogen-bond acceptors (Lipinski definition) is 4. The summed E-state index contributed by atoms with van der Waals surface area (Å²) < 4.78 is 68.5. The van der Waals surface area contributed by atoms with Crippen LogP contribution in [0.2, 0.25) is 0 Å². The fraction of sp³-hybridized carbons (Fsp3) is 0.613. The van der Waals surface area contributed by atoms with E-state index in [1.807, 2.05) is 18.2 Å². The monoisotopic (exact) mass is 588 g/mol. The molecular formula is C31H41F5O3S. The summed E-state index contributed by atoms with van der Waals surface area (Å²) in [5.41, 5.74) is 2.91. The summed E-state index contributed by atoms with van der Waals surface area (Å²) in [4.78, 5) is 0. The van der Waals surface area contributed by atoms with Gasteiger partial charge < -0.3 is 14.9 Å². The number of aliphatic hydroxyl groups is 1. The lowest BCUT2D eigenvalue weighted by Crippen LogP contribution is -2.40. The maximum atomic E-state index is 12.9. The van der Waals surface area contributed by atoms with Crippen LogP contribution < -0.4 is 4.74 Å². The van der Waals surface area contributed by atoms with E-state index < -0.39 is 18.5 Å². The number of aromatic hydroxyl groups is 1. The highest BCUT2D eigenvalue weighted by Gasteiger charge is 2.56. The summed E-state index contributed by atoms with van der Waals surface area (Å²) in [6, 6.07) is 13.4. The Morgan fingerprint density at radius 2 is 1.50 bits per heavy atom. The highest BCUT2D eigenvalue weighted by molar-refractivity contribution is 7.99. The first-order valence-electron chi connectivity index (χ1n) is 14.2. The van der Waals surface area contributed by atoms with Crippen molar-refractivity contribution < 1.29 is 36.9 Å². The molecule has 0 radical (unpaired) electrons. The number of hydrogen-bond donors (Lipinski definition) is 2. The first-order chi connectivity index (χ1) is 19.0. The van der Waals surface area contributed by atoms with Gasteiger partial charge in [-0.2, -0.15) is 33.7 Å². The first kappa shape index (κ1) is 32.5. The molecule has 0 fully saturated rings. The molecule has 40 heavy (non-hydrogen) atoms. The molecule has 1 aliphatic heterocycles. The van der Waals surface area contributed by atoms with Crippen molar-refractivity contribution in [1.29, 1.82) is 0 Å². The SMILES string of the molecule is C[C@]1(c2ccc(CO)cc2)COc2cc(O)ccc2[C@H]1CCCCCCCCCSCCCC(F)(F)C(F)(F)F. The van der Waals surface area contributed by atoms with Crippen LogP contribution in [-0.4, -0.2) is 40.4 Å². The van der Waals surface area contributed by atoms with Crippen molar-refractivity contribution >= 4 is 11.8 Å². The predicted octanol–water partition coefficient (Wildman–Crippen LogP) is 9.15. The number of phenolic OH excluding ortho intramolecular Hbond substituents is 1. The van der Waals surface area contributed by atoms with Crippen molar-refractivity contribution in [3.63, 3.8) is 0 Å². The van der Waals surface area contributed by atoms with Gasteiger partial charge in [0.25, 0.3) is 0 Å². The van der Waals surface area contributed by atoms with Crippen LogP contribution in [0.25, 0.3) is 0 Å². The lowest BCUT2D eigenvalue weighted by atomic mass is 9.66. The molecule has 0 spiro atoms. The molecule has 3 rings (SSSR count). The Kier molecular flexibility index (Phi) is 12.0. The van der Waals surface area contributed by atoms with Gasteiger partial charge >= 0.3 is 12.1 Å². The van der Waals surface area contributed by atoms with Gasteiger partial charge in [-0.25, -0.2) is 0 Å². The maximum absolute atomic E-state index is 12.9. The normalized spacial score (nSPS) is 19.3. The summed E-state index contributed by atoms with van der Waals surface area (Å²) in [6.45, 7) is 2.74. The maximum Gasteiger partial charge on any atom is 0.453 e. The third-order valence-corrected chi connectivity index (χ3v) is 9.10. The van der Waals surface area contributed by atoms with Crippen LogP contribution in [0, 0.1) is 0 Å². The molecule has 1 aliphatic rings. The largest absolute Gasteiger partial charge is 0.508 e. The number of thioether (sulfide) groups is 1. The molecule has 2 atom stereocenters. The van der Waals surface area contributed by atoms with Crippen molar-refractivity contribution in [3.05, 3.63) is 59.2 Å². The summed E-state index contributed by atoms with van der Waals surface area (Å²) in [7, 11) is 0. The smallest absolute Gasteiger partial charge is 0.453 e. The van der Waals surface area contributed by atoms with Gasteiger partial charge in [0.05, 0.1) is 13.2 Å². The van der Waals surface area contributed by atoms with E-state index in [-0.39, 0.29) is 30.1 Å². The minimum atomic E-state index is -5.45. The Hall–Kier alpha value is -2.00. The molecule has 0 aliphatic carbocycles. The number of benzene rings is 2. The molecule has 0 amide bonds. The van der Waals surface area contributed by atoms with E-state index in [1.54, 1.807) is 12.1 Å². The molecule has 0 unspecified atom stereocenters. The molecule has 9 heteroatoms. The Bertz CT molecular complexity index is 1040. The number of fused-ring (bicyclic) bond motifs is 1.